The number of hydrogen-bond acceptors (Lipinski definition) is 6. The molecule has 1 aliphatic carbocycles. The van der Waals surface area contributed by atoms with Gasteiger partial charge in [-0.05, 0) is 54.7 Å². The van der Waals surface area contributed by atoms with Crippen LogP contribution >= 0.6 is 23.2 Å². The Bertz CT molecular complexity index is 1410. The summed E-state index contributed by atoms with van der Waals surface area (Å²) in [6.45, 7) is 0.478. The lowest BCUT2D eigenvalue weighted by Crippen LogP contribution is -2.27. The third kappa shape index (κ3) is 4.72. The molecule has 0 bridgehead atoms. The SMILES string of the molecule is O[C@@H]1[C@H](O)CC[C@H]1n1cnc2c(NCc3cccc(Cl)c3)nc(C#Cc3cccc(Cl)c3)nc21. The molecule has 1 aliphatic rings. The molecule has 3 N–H and O–H groups in total. The van der Waals surface area contributed by atoms with Crippen LogP contribution in [0.25, 0.3) is 11.2 Å². The van der Waals surface area contributed by atoms with Crippen molar-refractivity contribution in [3.63, 3.8) is 0 Å². The molecule has 0 spiro atoms. The molecule has 0 radical (unpaired) electrons. The molecule has 7 nitrogen and oxygen atoms in total. The number of aliphatic hydroxyl groups is 2. The zero-order valence-corrected chi connectivity index (χ0v) is 19.5. The summed E-state index contributed by atoms with van der Waals surface area (Å²) in [6, 6.07) is 14.5. The number of fused-ring (bicyclic) bond motifs is 1. The van der Waals surface area contributed by atoms with Crippen LogP contribution in [0.15, 0.2) is 54.9 Å². The van der Waals surface area contributed by atoms with E-state index in [9.17, 15) is 10.2 Å². The van der Waals surface area contributed by atoms with Gasteiger partial charge >= 0.3 is 0 Å². The van der Waals surface area contributed by atoms with Crippen LogP contribution in [0, 0.1) is 11.8 Å². The zero-order chi connectivity index (χ0) is 23.7. The summed E-state index contributed by atoms with van der Waals surface area (Å²) < 4.78 is 1.80. The molecule has 3 atom stereocenters. The lowest BCUT2D eigenvalue weighted by molar-refractivity contribution is 0.0241. The van der Waals surface area contributed by atoms with Crippen molar-refractivity contribution in [1.29, 1.82) is 0 Å². The number of nitrogens with one attached hydrogen (secondary N) is 1. The summed E-state index contributed by atoms with van der Waals surface area (Å²) in [5.41, 5.74) is 2.83. The maximum Gasteiger partial charge on any atom is 0.209 e. The molecule has 1 saturated carbocycles. The molecule has 0 aliphatic heterocycles. The maximum atomic E-state index is 10.5. The number of rotatable bonds is 4. The molecule has 4 aromatic rings. The molecule has 0 saturated heterocycles. The Morgan fingerprint density at radius 2 is 1.79 bits per heavy atom. The molecule has 0 amide bonds. The Balaban J connectivity index is 1.55. The van der Waals surface area contributed by atoms with Crippen molar-refractivity contribution in [2.24, 2.45) is 0 Å². The quantitative estimate of drug-likeness (QED) is 0.368. The monoisotopic (exact) mass is 493 g/mol. The van der Waals surface area contributed by atoms with Crippen LogP contribution in [0.1, 0.15) is 35.8 Å². The average Bonchev–Trinajstić information content (AvgIpc) is 3.39. The molecule has 9 heteroatoms. The summed E-state index contributed by atoms with van der Waals surface area (Å²) in [6.07, 6.45) is 1.09. The molecule has 172 valence electrons. The third-order valence-electron chi connectivity index (χ3n) is 5.82. The molecule has 2 aromatic carbocycles. The first-order valence-corrected chi connectivity index (χ1v) is 11.6. The molecule has 0 unspecified atom stereocenters. The van der Waals surface area contributed by atoms with Crippen LogP contribution in [0.5, 0.6) is 0 Å². The minimum Gasteiger partial charge on any atom is -0.390 e. The Morgan fingerprint density at radius 1 is 1.00 bits per heavy atom. The highest BCUT2D eigenvalue weighted by molar-refractivity contribution is 6.30. The van der Waals surface area contributed by atoms with E-state index in [1.807, 2.05) is 36.4 Å². The molecule has 34 heavy (non-hydrogen) atoms. The Hall–Kier alpha value is -3.15. The summed E-state index contributed by atoms with van der Waals surface area (Å²) in [4.78, 5) is 13.8. The van der Waals surface area contributed by atoms with Gasteiger partial charge in [0.15, 0.2) is 17.0 Å². The van der Waals surface area contributed by atoms with Crippen LogP contribution in [0.2, 0.25) is 10.0 Å². The van der Waals surface area contributed by atoms with Gasteiger partial charge < -0.3 is 20.1 Å². The zero-order valence-electron chi connectivity index (χ0n) is 18.0. The number of aliphatic hydroxyl groups excluding tert-OH is 2. The van der Waals surface area contributed by atoms with Gasteiger partial charge in [0.1, 0.15) is 6.10 Å². The first-order chi connectivity index (χ1) is 16.5. The largest absolute Gasteiger partial charge is 0.390 e. The second kappa shape index (κ2) is 9.61. The van der Waals surface area contributed by atoms with Crippen LogP contribution in [-0.4, -0.2) is 41.9 Å². The van der Waals surface area contributed by atoms with E-state index in [-0.39, 0.29) is 6.04 Å². The number of imidazole rings is 1. The normalized spacial score (nSPS) is 19.7. The molecule has 2 heterocycles. The van der Waals surface area contributed by atoms with Crippen molar-refractivity contribution in [3.8, 4) is 11.8 Å². The van der Waals surface area contributed by atoms with Crippen molar-refractivity contribution in [1.82, 2.24) is 19.5 Å². The number of nitrogens with zero attached hydrogens (tertiary/aromatic N) is 4. The Kier molecular flexibility index (Phi) is 6.40. The van der Waals surface area contributed by atoms with Crippen LogP contribution in [0.4, 0.5) is 5.82 Å². The van der Waals surface area contributed by atoms with E-state index in [4.69, 9.17) is 23.2 Å². The molecular formula is C25H21Cl2N5O2. The van der Waals surface area contributed by atoms with E-state index >= 15 is 0 Å². The van der Waals surface area contributed by atoms with E-state index < -0.39 is 12.2 Å². The molecular weight excluding hydrogens is 473 g/mol. The fourth-order valence-corrected chi connectivity index (χ4v) is 4.51. The fraction of sp³-hybridized carbons (Fsp3) is 0.240. The second-order valence-electron chi connectivity index (χ2n) is 8.17. The summed E-state index contributed by atoms with van der Waals surface area (Å²) in [7, 11) is 0. The van der Waals surface area contributed by atoms with Crippen LogP contribution < -0.4 is 5.32 Å². The molecule has 5 rings (SSSR count). The van der Waals surface area contributed by atoms with E-state index in [2.05, 4.69) is 32.1 Å². The van der Waals surface area contributed by atoms with Gasteiger partial charge in [0.2, 0.25) is 5.82 Å². The van der Waals surface area contributed by atoms with E-state index in [0.29, 0.717) is 52.2 Å². The maximum absolute atomic E-state index is 10.5. The summed E-state index contributed by atoms with van der Waals surface area (Å²) in [5.74, 6) is 6.88. The van der Waals surface area contributed by atoms with Crippen LogP contribution in [0.3, 0.4) is 0 Å². The van der Waals surface area contributed by atoms with Gasteiger partial charge in [0.05, 0.1) is 18.5 Å². The van der Waals surface area contributed by atoms with Crippen molar-refractivity contribution < 1.29 is 10.2 Å². The number of aromatic nitrogens is 4. The number of halogens is 2. The third-order valence-corrected chi connectivity index (χ3v) is 6.29. The second-order valence-corrected chi connectivity index (χ2v) is 9.04. The Morgan fingerprint density at radius 3 is 2.53 bits per heavy atom. The van der Waals surface area contributed by atoms with Crippen molar-refractivity contribution in [2.45, 2.75) is 37.6 Å². The van der Waals surface area contributed by atoms with E-state index in [1.165, 1.54) is 0 Å². The highest BCUT2D eigenvalue weighted by Crippen LogP contribution is 2.33. The van der Waals surface area contributed by atoms with Crippen LogP contribution in [-0.2, 0) is 6.54 Å². The van der Waals surface area contributed by atoms with Gasteiger partial charge in [-0.1, -0.05) is 47.3 Å². The average molecular weight is 494 g/mol. The smallest absolute Gasteiger partial charge is 0.209 e. The lowest BCUT2D eigenvalue weighted by Gasteiger charge is -2.18. The predicted molar refractivity (Wildman–Crippen MR) is 132 cm³/mol. The van der Waals surface area contributed by atoms with E-state index in [0.717, 1.165) is 11.1 Å². The van der Waals surface area contributed by atoms with Gasteiger partial charge in [-0.25, -0.2) is 15.0 Å². The van der Waals surface area contributed by atoms with Crippen molar-refractivity contribution in [2.75, 3.05) is 5.32 Å². The number of anilines is 1. The highest BCUT2D eigenvalue weighted by Gasteiger charge is 2.35. The molecule has 2 aromatic heterocycles. The van der Waals surface area contributed by atoms with Gasteiger partial charge in [-0.2, -0.15) is 0 Å². The minimum atomic E-state index is -0.892. The summed E-state index contributed by atoms with van der Waals surface area (Å²) >= 11 is 12.2. The van der Waals surface area contributed by atoms with Crippen molar-refractivity contribution in [3.05, 3.63) is 81.9 Å². The number of benzene rings is 2. The highest BCUT2D eigenvalue weighted by atomic mass is 35.5. The van der Waals surface area contributed by atoms with Gasteiger partial charge in [-0.15, -0.1) is 0 Å². The lowest BCUT2D eigenvalue weighted by atomic mass is 10.2. The van der Waals surface area contributed by atoms with Gasteiger partial charge in [-0.3, -0.25) is 0 Å². The van der Waals surface area contributed by atoms with Gasteiger partial charge in [0, 0.05) is 22.2 Å². The van der Waals surface area contributed by atoms with E-state index in [1.54, 1.807) is 23.0 Å². The fourth-order valence-electron chi connectivity index (χ4n) is 4.11. The Labute approximate surface area is 206 Å². The predicted octanol–water partition coefficient (Wildman–Crippen LogP) is 4.20. The van der Waals surface area contributed by atoms with Crippen molar-refractivity contribution >= 4 is 40.2 Å². The topological polar surface area (TPSA) is 96.1 Å². The van der Waals surface area contributed by atoms with Gasteiger partial charge in [0.25, 0.3) is 0 Å². The standard InChI is InChI=1S/C25H21Cl2N5O2/c26-17-5-1-3-15(11-17)7-10-21-30-24(28-13-16-4-2-6-18(27)12-16)22-25(31-21)32(14-29-22)19-8-9-20(33)23(19)34/h1-6,11-12,14,19-20,23,33-34H,8-9,13H2,(H,28,30,31)/t19-,20-,23+/m1/s1. The first kappa shape index (κ1) is 22.6. The minimum absolute atomic E-state index is 0.302. The first-order valence-electron chi connectivity index (χ1n) is 10.8. The number of hydrogen-bond donors (Lipinski definition) is 3. The molecule has 1 fully saturated rings. The summed E-state index contributed by atoms with van der Waals surface area (Å²) in [5, 5.41) is 25.1.